The SMILES string of the molecule is C=C(C)C(=O)OCC(O)COC1=CC2CC=C3Oc4ccc5cc(OCC(O)CC)ccc5c4C(c4ccc(O)cc4)C3=C2C=C1.C=C(C)C(C)=O. The largest absolute Gasteiger partial charge is 0.508 e. The summed E-state index contributed by atoms with van der Waals surface area (Å²) in [5, 5.41) is 32.4. The third-order valence-corrected chi connectivity index (χ3v) is 9.05. The van der Waals surface area contributed by atoms with Crippen molar-refractivity contribution in [1.82, 2.24) is 0 Å². The summed E-state index contributed by atoms with van der Waals surface area (Å²) in [6.45, 7) is 13.6. The predicted octanol–water partition coefficient (Wildman–Crippen LogP) is 7.52. The minimum atomic E-state index is -0.978. The lowest BCUT2D eigenvalue weighted by molar-refractivity contribution is -0.142. The highest BCUT2D eigenvalue weighted by Gasteiger charge is 2.38. The number of benzene rings is 3. The van der Waals surface area contributed by atoms with Crippen LogP contribution in [-0.4, -0.2) is 59.1 Å². The fraction of sp³-hybridized carbons (Fsp3) is 0.302. The van der Waals surface area contributed by atoms with E-state index in [0.29, 0.717) is 29.9 Å². The number of hydrogen-bond acceptors (Lipinski definition) is 9. The molecule has 0 saturated heterocycles. The Morgan fingerprint density at radius 3 is 2.29 bits per heavy atom. The van der Waals surface area contributed by atoms with E-state index in [0.717, 1.165) is 44.6 Å². The lowest BCUT2D eigenvalue weighted by atomic mass is 9.72. The maximum absolute atomic E-state index is 11.7. The molecule has 3 aromatic rings. The molecule has 0 spiro atoms. The molecule has 272 valence electrons. The minimum absolute atomic E-state index is 0.0156. The van der Waals surface area contributed by atoms with Crippen LogP contribution in [0.4, 0.5) is 0 Å². The quantitative estimate of drug-likeness (QED) is 0.129. The minimum Gasteiger partial charge on any atom is -0.508 e. The number of Topliss-reactive ketones (excluding diaryl/α,β-unsaturated/α-hetero) is 1. The molecule has 9 heteroatoms. The molecule has 0 aromatic heterocycles. The topological polar surface area (TPSA) is 132 Å². The molecular weight excluding hydrogens is 660 g/mol. The molecule has 1 heterocycles. The summed E-state index contributed by atoms with van der Waals surface area (Å²) in [6.07, 6.45) is 7.91. The van der Waals surface area contributed by atoms with Crippen LogP contribution in [0.1, 0.15) is 57.6 Å². The molecule has 2 aliphatic carbocycles. The Kier molecular flexibility index (Phi) is 12.2. The van der Waals surface area contributed by atoms with Crippen molar-refractivity contribution >= 4 is 22.5 Å². The number of fused-ring (bicyclic) bond motifs is 5. The standard InChI is InChI=1S/C38H38O8.C5H8O/c1-4-26(39)19-43-29-11-13-31-24(17-29)7-15-33-36(31)35(23-5-9-27(40)10-6-23)37-32-14-12-30(18-25(32)8-16-34(37)46-33)44-20-28(41)21-45-38(42)22(2)3;1-4(2)5(3)6/h5-7,9-18,25-26,28,35,39-41H,2,4,8,19-21H2,1,3H3;1H2,2-3H3. The Bertz CT molecular complexity index is 1970. The van der Waals surface area contributed by atoms with Crippen LogP contribution in [0.2, 0.25) is 0 Å². The zero-order valence-electron chi connectivity index (χ0n) is 30.1. The van der Waals surface area contributed by atoms with E-state index < -0.39 is 18.2 Å². The zero-order chi connectivity index (χ0) is 37.5. The van der Waals surface area contributed by atoms with E-state index in [1.54, 1.807) is 26.0 Å². The van der Waals surface area contributed by atoms with Gasteiger partial charge in [-0.05, 0) is 110 Å². The average Bonchev–Trinajstić information content (AvgIpc) is 3.14. The van der Waals surface area contributed by atoms with E-state index in [1.807, 2.05) is 67.6 Å². The summed E-state index contributed by atoms with van der Waals surface area (Å²) in [5.41, 5.74) is 5.08. The number of esters is 1. The molecule has 3 N–H and O–H groups in total. The molecule has 4 atom stereocenters. The van der Waals surface area contributed by atoms with Gasteiger partial charge in [0.25, 0.3) is 0 Å². The van der Waals surface area contributed by atoms with Crippen LogP contribution in [0, 0.1) is 5.92 Å². The second-order valence-electron chi connectivity index (χ2n) is 13.2. The Morgan fingerprint density at radius 1 is 0.904 bits per heavy atom. The summed E-state index contributed by atoms with van der Waals surface area (Å²) in [6, 6.07) is 17.3. The summed E-state index contributed by atoms with van der Waals surface area (Å²) >= 11 is 0. The summed E-state index contributed by atoms with van der Waals surface area (Å²) in [5.74, 6) is 2.43. The third-order valence-electron chi connectivity index (χ3n) is 9.05. The number of rotatable bonds is 12. The van der Waals surface area contributed by atoms with Crippen molar-refractivity contribution < 1.29 is 43.9 Å². The number of aliphatic hydroxyl groups excluding tert-OH is 2. The molecule has 3 aromatic carbocycles. The van der Waals surface area contributed by atoms with E-state index >= 15 is 0 Å². The van der Waals surface area contributed by atoms with Crippen LogP contribution in [-0.2, 0) is 19.1 Å². The molecular formula is C43H46O9. The van der Waals surface area contributed by atoms with Crippen LogP contribution >= 0.6 is 0 Å². The molecule has 52 heavy (non-hydrogen) atoms. The van der Waals surface area contributed by atoms with Gasteiger partial charge in [-0.3, -0.25) is 4.79 Å². The van der Waals surface area contributed by atoms with Crippen molar-refractivity contribution in [3.63, 3.8) is 0 Å². The van der Waals surface area contributed by atoms with Gasteiger partial charge in [0.05, 0.1) is 6.10 Å². The van der Waals surface area contributed by atoms with Crippen LogP contribution in [0.3, 0.4) is 0 Å². The number of ether oxygens (including phenoxy) is 4. The number of hydrogen-bond donors (Lipinski definition) is 3. The summed E-state index contributed by atoms with van der Waals surface area (Å²) in [7, 11) is 0. The van der Waals surface area contributed by atoms with Crippen molar-refractivity contribution in [1.29, 1.82) is 0 Å². The van der Waals surface area contributed by atoms with Gasteiger partial charge >= 0.3 is 5.97 Å². The van der Waals surface area contributed by atoms with Crippen LogP contribution in [0.25, 0.3) is 10.8 Å². The first-order chi connectivity index (χ1) is 24.9. The maximum atomic E-state index is 11.7. The molecule has 0 saturated carbocycles. The van der Waals surface area contributed by atoms with E-state index in [2.05, 4.69) is 19.2 Å². The third kappa shape index (κ3) is 8.91. The summed E-state index contributed by atoms with van der Waals surface area (Å²) < 4.78 is 23.4. The van der Waals surface area contributed by atoms with Gasteiger partial charge in [-0.25, -0.2) is 4.79 Å². The number of phenolic OH excluding ortho intramolecular Hbond substituents is 1. The fourth-order valence-corrected chi connectivity index (χ4v) is 6.01. The monoisotopic (exact) mass is 706 g/mol. The van der Waals surface area contributed by atoms with Crippen molar-refractivity contribution in [2.45, 2.75) is 58.7 Å². The first kappa shape index (κ1) is 37.9. The number of carbonyl (C=O) groups is 2. The fourth-order valence-electron chi connectivity index (χ4n) is 6.01. The van der Waals surface area contributed by atoms with E-state index in [4.69, 9.17) is 18.9 Å². The number of carbonyl (C=O) groups excluding carboxylic acids is 2. The van der Waals surface area contributed by atoms with Gasteiger partial charge in [0.15, 0.2) is 5.78 Å². The molecule has 6 rings (SSSR count). The molecule has 3 aliphatic rings. The van der Waals surface area contributed by atoms with E-state index in [9.17, 15) is 24.9 Å². The number of ketones is 1. The van der Waals surface area contributed by atoms with Gasteiger partial charge in [0, 0.05) is 28.5 Å². The van der Waals surface area contributed by atoms with Crippen LogP contribution < -0.4 is 9.47 Å². The first-order valence-corrected chi connectivity index (χ1v) is 17.3. The van der Waals surface area contributed by atoms with Crippen molar-refractivity contribution in [2.75, 3.05) is 19.8 Å². The van der Waals surface area contributed by atoms with Gasteiger partial charge in [-0.15, -0.1) is 0 Å². The number of aliphatic hydroxyl groups is 2. The van der Waals surface area contributed by atoms with Crippen molar-refractivity contribution in [3.8, 4) is 17.2 Å². The number of phenols is 1. The Labute approximate surface area is 304 Å². The number of allylic oxidation sites excluding steroid dienone is 7. The Morgan fingerprint density at radius 2 is 1.62 bits per heavy atom. The molecule has 9 nitrogen and oxygen atoms in total. The van der Waals surface area contributed by atoms with Crippen molar-refractivity contribution in [3.05, 3.63) is 137 Å². The van der Waals surface area contributed by atoms with Crippen molar-refractivity contribution in [2.24, 2.45) is 5.92 Å². The Balaban J connectivity index is 0.000000803. The average molecular weight is 707 g/mol. The lowest BCUT2D eigenvalue weighted by Gasteiger charge is -2.37. The van der Waals surface area contributed by atoms with Gasteiger partial charge in [0.1, 0.15) is 54.7 Å². The van der Waals surface area contributed by atoms with Gasteiger partial charge < -0.3 is 34.3 Å². The Hall–Kier alpha value is -5.38. The highest BCUT2D eigenvalue weighted by Crippen LogP contribution is 2.53. The lowest BCUT2D eigenvalue weighted by Crippen LogP contribution is -2.25. The van der Waals surface area contributed by atoms with Gasteiger partial charge in [-0.1, -0.05) is 50.4 Å². The summed E-state index contributed by atoms with van der Waals surface area (Å²) in [4.78, 5) is 21.7. The van der Waals surface area contributed by atoms with E-state index in [-0.39, 0.29) is 48.8 Å². The zero-order valence-corrected chi connectivity index (χ0v) is 30.1. The smallest absolute Gasteiger partial charge is 0.333 e. The molecule has 0 amide bonds. The van der Waals surface area contributed by atoms with Crippen LogP contribution in [0.5, 0.6) is 17.2 Å². The van der Waals surface area contributed by atoms with E-state index in [1.165, 1.54) is 6.92 Å². The number of aromatic hydroxyl groups is 1. The van der Waals surface area contributed by atoms with Crippen LogP contribution in [0.15, 0.2) is 126 Å². The second-order valence-corrected chi connectivity index (χ2v) is 13.2. The van der Waals surface area contributed by atoms with Gasteiger partial charge in [0.2, 0.25) is 0 Å². The second kappa shape index (κ2) is 16.8. The molecule has 4 unspecified atom stereocenters. The maximum Gasteiger partial charge on any atom is 0.333 e. The molecule has 1 aliphatic heterocycles. The normalized spacial score (nSPS) is 18.1. The molecule has 0 fully saturated rings. The predicted molar refractivity (Wildman–Crippen MR) is 200 cm³/mol. The van der Waals surface area contributed by atoms with Gasteiger partial charge in [-0.2, -0.15) is 0 Å². The molecule has 0 bridgehead atoms. The highest BCUT2D eigenvalue weighted by molar-refractivity contribution is 5.92. The first-order valence-electron chi connectivity index (χ1n) is 17.3. The highest BCUT2D eigenvalue weighted by atomic mass is 16.5. The molecule has 0 radical (unpaired) electrons.